The SMILES string of the molecule is CCCCCCCCc1ccc(C#Cc2nc3c(ccc4c3ccc3oc(C#Cc5ccc(C)cc5)nc34)o2)cc1. The van der Waals surface area contributed by atoms with Gasteiger partial charge in [0.15, 0.2) is 11.2 Å². The summed E-state index contributed by atoms with van der Waals surface area (Å²) in [4.78, 5) is 9.39. The van der Waals surface area contributed by atoms with Gasteiger partial charge < -0.3 is 8.83 Å². The Morgan fingerprint density at radius 1 is 0.561 bits per heavy atom. The number of oxazole rings is 2. The summed E-state index contributed by atoms with van der Waals surface area (Å²) in [6.45, 7) is 4.31. The Bertz CT molecular complexity index is 1940. The van der Waals surface area contributed by atoms with E-state index in [1.165, 1.54) is 49.7 Å². The minimum absolute atomic E-state index is 0.387. The average molecular weight is 537 g/mol. The summed E-state index contributed by atoms with van der Waals surface area (Å²) in [5.41, 5.74) is 7.34. The molecule has 0 saturated carbocycles. The van der Waals surface area contributed by atoms with Crippen molar-refractivity contribution >= 4 is 33.0 Å². The van der Waals surface area contributed by atoms with Gasteiger partial charge in [0, 0.05) is 21.9 Å². The molecule has 4 heteroatoms. The van der Waals surface area contributed by atoms with Gasteiger partial charge in [0.2, 0.25) is 0 Å². The highest BCUT2D eigenvalue weighted by molar-refractivity contribution is 6.13. The third-order valence-electron chi connectivity index (χ3n) is 7.36. The standard InChI is InChI=1S/C37H32N2O2/c1-3-4-5-6-7-8-9-27-14-16-29(17-15-27)19-25-35-39-37-31-20-22-32-36(30(31)21-23-33(37)41-35)38-34(40-32)24-18-28-12-10-26(2)11-13-28/h10-17,20-23H,3-9H2,1-2H3. The van der Waals surface area contributed by atoms with Gasteiger partial charge in [-0.15, -0.1) is 0 Å². The Kier molecular flexibility index (Phi) is 7.83. The lowest BCUT2D eigenvalue weighted by Gasteiger charge is -2.02. The lowest BCUT2D eigenvalue weighted by molar-refractivity contribution is 0.585. The molecule has 6 rings (SSSR count). The maximum absolute atomic E-state index is 5.98. The molecule has 0 aliphatic rings. The number of hydrogen-bond acceptors (Lipinski definition) is 4. The maximum atomic E-state index is 5.98. The fourth-order valence-electron chi connectivity index (χ4n) is 5.05. The van der Waals surface area contributed by atoms with Gasteiger partial charge in [-0.1, -0.05) is 80.7 Å². The van der Waals surface area contributed by atoms with Crippen molar-refractivity contribution in [2.24, 2.45) is 0 Å². The van der Waals surface area contributed by atoms with Gasteiger partial charge in [-0.2, -0.15) is 0 Å². The number of hydrogen-bond donors (Lipinski definition) is 0. The van der Waals surface area contributed by atoms with Crippen LogP contribution in [0.5, 0.6) is 0 Å². The number of nitrogens with zero attached hydrogens (tertiary/aromatic N) is 2. The zero-order valence-electron chi connectivity index (χ0n) is 23.6. The maximum Gasteiger partial charge on any atom is 0.274 e. The lowest BCUT2D eigenvalue weighted by atomic mass is 10.0. The molecule has 0 saturated heterocycles. The number of aryl methyl sites for hydroxylation is 2. The zero-order chi connectivity index (χ0) is 28.0. The molecule has 0 fully saturated rings. The smallest absolute Gasteiger partial charge is 0.274 e. The lowest BCUT2D eigenvalue weighted by Crippen LogP contribution is -1.87. The second-order valence-electron chi connectivity index (χ2n) is 10.5. The highest BCUT2D eigenvalue weighted by Crippen LogP contribution is 2.31. The molecule has 202 valence electrons. The molecule has 0 unspecified atom stereocenters. The molecule has 0 amide bonds. The minimum Gasteiger partial charge on any atom is -0.430 e. The van der Waals surface area contributed by atoms with E-state index in [-0.39, 0.29) is 0 Å². The van der Waals surface area contributed by atoms with E-state index in [9.17, 15) is 0 Å². The van der Waals surface area contributed by atoms with E-state index in [2.05, 4.69) is 66.8 Å². The van der Waals surface area contributed by atoms with Crippen LogP contribution in [0.3, 0.4) is 0 Å². The van der Waals surface area contributed by atoms with Crippen LogP contribution in [-0.4, -0.2) is 9.97 Å². The van der Waals surface area contributed by atoms with Crippen LogP contribution in [0.2, 0.25) is 0 Å². The third-order valence-corrected chi connectivity index (χ3v) is 7.36. The molecule has 4 nitrogen and oxygen atoms in total. The molecule has 4 aromatic carbocycles. The predicted octanol–water partition coefficient (Wildman–Crippen LogP) is 9.13. The van der Waals surface area contributed by atoms with Gasteiger partial charge in [0.25, 0.3) is 11.8 Å². The van der Waals surface area contributed by atoms with Crippen molar-refractivity contribution < 1.29 is 8.83 Å². The quantitative estimate of drug-likeness (QED) is 0.151. The Labute approximate surface area is 240 Å². The molecule has 0 N–H and O–H groups in total. The van der Waals surface area contributed by atoms with Crippen molar-refractivity contribution in [1.82, 2.24) is 9.97 Å². The third kappa shape index (κ3) is 6.19. The predicted molar refractivity (Wildman–Crippen MR) is 166 cm³/mol. The van der Waals surface area contributed by atoms with Crippen LogP contribution in [-0.2, 0) is 6.42 Å². The highest BCUT2D eigenvalue weighted by Gasteiger charge is 2.13. The molecular weight excluding hydrogens is 504 g/mol. The first-order chi connectivity index (χ1) is 20.2. The van der Waals surface area contributed by atoms with E-state index in [4.69, 9.17) is 13.8 Å². The topological polar surface area (TPSA) is 52.1 Å². The van der Waals surface area contributed by atoms with E-state index < -0.39 is 0 Å². The molecule has 0 radical (unpaired) electrons. The van der Waals surface area contributed by atoms with Crippen LogP contribution in [0.25, 0.3) is 33.0 Å². The van der Waals surface area contributed by atoms with Crippen molar-refractivity contribution in [1.29, 1.82) is 0 Å². The second-order valence-corrected chi connectivity index (χ2v) is 10.5. The first kappa shape index (κ1) is 26.4. The van der Waals surface area contributed by atoms with Crippen LogP contribution in [0, 0.1) is 30.6 Å². The second kappa shape index (κ2) is 12.2. The van der Waals surface area contributed by atoms with E-state index in [1.54, 1.807) is 0 Å². The van der Waals surface area contributed by atoms with Gasteiger partial charge >= 0.3 is 0 Å². The number of fused-ring (bicyclic) bond motifs is 5. The molecule has 0 spiro atoms. The van der Waals surface area contributed by atoms with Crippen LogP contribution in [0.4, 0.5) is 0 Å². The van der Waals surface area contributed by atoms with Gasteiger partial charge in [0.05, 0.1) is 0 Å². The summed E-state index contributed by atoms with van der Waals surface area (Å²) in [7, 11) is 0. The van der Waals surface area contributed by atoms with Gasteiger partial charge in [-0.25, -0.2) is 9.97 Å². The van der Waals surface area contributed by atoms with E-state index in [0.29, 0.717) is 22.9 Å². The fraction of sp³-hybridized carbons (Fsp3) is 0.243. The summed E-state index contributed by atoms with van der Waals surface area (Å²) in [6, 6.07) is 24.4. The summed E-state index contributed by atoms with van der Waals surface area (Å²) in [5, 5.41) is 1.88. The Morgan fingerprint density at radius 2 is 1.07 bits per heavy atom. The fourth-order valence-corrected chi connectivity index (χ4v) is 5.05. The molecular formula is C37H32N2O2. The number of rotatable bonds is 7. The van der Waals surface area contributed by atoms with Crippen molar-refractivity contribution in [3.8, 4) is 23.7 Å². The van der Waals surface area contributed by atoms with E-state index >= 15 is 0 Å². The van der Waals surface area contributed by atoms with Gasteiger partial charge in [-0.05, 0) is 85.7 Å². The average Bonchev–Trinajstić information content (AvgIpc) is 3.62. The van der Waals surface area contributed by atoms with E-state index in [0.717, 1.165) is 39.4 Å². The Balaban J connectivity index is 1.19. The normalized spacial score (nSPS) is 11.0. The van der Waals surface area contributed by atoms with Crippen LogP contribution in [0.1, 0.15) is 79.5 Å². The Hall–Kier alpha value is -4.80. The first-order valence-corrected chi connectivity index (χ1v) is 14.5. The van der Waals surface area contributed by atoms with Crippen molar-refractivity contribution in [2.45, 2.75) is 58.8 Å². The number of benzene rings is 4. The summed E-state index contributed by atoms with van der Waals surface area (Å²) >= 11 is 0. The molecule has 0 aliphatic heterocycles. The molecule has 6 aromatic rings. The number of unbranched alkanes of at least 4 members (excludes halogenated alkanes) is 5. The highest BCUT2D eigenvalue weighted by atomic mass is 16.4. The molecule has 2 heterocycles. The van der Waals surface area contributed by atoms with Crippen molar-refractivity contribution in [3.63, 3.8) is 0 Å². The van der Waals surface area contributed by atoms with Crippen molar-refractivity contribution in [3.05, 3.63) is 107 Å². The van der Waals surface area contributed by atoms with Gasteiger partial charge in [-0.3, -0.25) is 0 Å². The largest absolute Gasteiger partial charge is 0.430 e. The first-order valence-electron chi connectivity index (χ1n) is 14.5. The van der Waals surface area contributed by atoms with E-state index in [1.807, 2.05) is 48.5 Å². The van der Waals surface area contributed by atoms with Crippen LogP contribution in [0.15, 0.2) is 81.6 Å². The van der Waals surface area contributed by atoms with Gasteiger partial charge in [0.1, 0.15) is 11.0 Å². The van der Waals surface area contributed by atoms with Crippen LogP contribution >= 0.6 is 0 Å². The summed E-state index contributed by atoms with van der Waals surface area (Å²) in [5.74, 6) is 13.3. The molecule has 0 bridgehead atoms. The summed E-state index contributed by atoms with van der Waals surface area (Å²) < 4.78 is 11.9. The van der Waals surface area contributed by atoms with Crippen LogP contribution < -0.4 is 0 Å². The van der Waals surface area contributed by atoms with Crippen molar-refractivity contribution in [2.75, 3.05) is 0 Å². The molecule has 0 aliphatic carbocycles. The number of aromatic nitrogens is 2. The molecule has 0 atom stereocenters. The minimum atomic E-state index is 0.387. The summed E-state index contributed by atoms with van der Waals surface area (Å²) in [6.07, 6.45) is 9.01. The zero-order valence-corrected chi connectivity index (χ0v) is 23.6. The Morgan fingerprint density at radius 3 is 1.63 bits per heavy atom. The molecule has 41 heavy (non-hydrogen) atoms. The molecule has 2 aromatic heterocycles. The monoisotopic (exact) mass is 536 g/mol.